The average molecular weight is 476 g/mol. The van der Waals surface area contributed by atoms with Gasteiger partial charge in [-0.05, 0) is 42.8 Å². The number of hydrogen-bond donors (Lipinski definition) is 2. The van der Waals surface area contributed by atoms with E-state index < -0.39 is 35.6 Å². The third kappa shape index (κ3) is 4.05. The Kier molecular flexibility index (Phi) is 5.40. The number of anilines is 1. The Morgan fingerprint density at radius 2 is 1.86 bits per heavy atom. The minimum absolute atomic E-state index is 0.00518. The van der Waals surface area contributed by atoms with Gasteiger partial charge in [-0.2, -0.15) is 0 Å². The highest BCUT2D eigenvalue weighted by Gasteiger charge is 2.45. The Bertz CT molecular complexity index is 1400. The number of amides is 5. The van der Waals surface area contributed by atoms with Gasteiger partial charge >= 0.3 is 0 Å². The van der Waals surface area contributed by atoms with Crippen LogP contribution in [0.2, 0.25) is 0 Å². The molecule has 2 aromatic carbocycles. The normalized spacial score (nSPS) is 17.4. The van der Waals surface area contributed by atoms with Crippen LogP contribution in [-0.2, 0) is 20.9 Å². The monoisotopic (exact) mass is 476 g/mol. The van der Waals surface area contributed by atoms with Crippen molar-refractivity contribution in [2.24, 2.45) is 0 Å². The lowest BCUT2D eigenvalue weighted by atomic mass is 10.0. The molecule has 3 aromatic rings. The van der Waals surface area contributed by atoms with Crippen LogP contribution in [0, 0.1) is 5.82 Å². The van der Waals surface area contributed by atoms with Gasteiger partial charge < -0.3 is 5.32 Å². The molecule has 1 saturated heterocycles. The summed E-state index contributed by atoms with van der Waals surface area (Å²) in [6.07, 6.45) is 1.55. The predicted molar refractivity (Wildman–Crippen MR) is 117 cm³/mol. The van der Waals surface area contributed by atoms with Crippen LogP contribution < -0.4 is 10.6 Å². The fourth-order valence-corrected chi connectivity index (χ4v) is 4.08. The second-order valence-electron chi connectivity index (χ2n) is 8.03. The van der Waals surface area contributed by atoms with Crippen LogP contribution in [0.5, 0.6) is 0 Å². The maximum absolute atomic E-state index is 13.1. The number of aromatic nitrogens is 3. The highest BCUT2D eigenvalue weighted by atomic mass is 19.1. The minimum Gasteiger partial charge on any atom is -0.324 e. The summed E-state index contributed by atoms with van der Waals surface area (Å²) < 4.78 is 14.4. The van der Waals surface area contributed by atoms with Crippen molar-refractivity contribution in [2.75, 3.05) is 5.32 Å². The molecule has 0 aliphatic carbocycles. The van der Waals surface area contributed by atoms with Gasteiger partial charge in [0.2, 0.25) is 17.7 Å². The summed E-state index contributed by atoms with van der Waals surface area (Å²) in [7, 11) is 0. The van der Waals surface area contributed by atoms with E-state index in [4.69, 9.17) is 0 Å². The molecule has 1 atom stereocenters. The number of imide groups is 2. The second kappa shape index (κ2) is 8.56. The van der Waals surface area contributed by atoms with Crippen LogP contribution in [0.15, 0.2) is 48.7 Å². The van der Waals surface area contributed by atoms with E-state index in [0.717, 1.165) is 4.90 Å². The highest BCUT2D eigenvalue weighted by molar-refractivity contribution is 6.26. The van der Waals surface area contributed by atoms with Crippen LogP contribution in [0.25, 0.3) is 11.3 Å². The molecule has 5 rings (SSSR count). The van der Waals surface area contributed by atoms with Crippen LogP contribution in [0.3, 0.4) is 0 Å². The zero-order chi connectivity index (χ0) is 24.7. The number of fused-ring (bicyclic) bond motifs is 1. The number of carbonyl (C=O) groups is 5. The molecule has 1 fully saturated rings. The lowest BCUT2D eigenvalue weighted by molar-refractivity contribution is -0.136. The van der Waals surface area contributed by atoms with Crippen LogP contribution >= 0.6 is 0 Å². The standard InChI is InChI=1S/C23H17FN6O5/c24-13-6-4-12(5-7-13)16-10-29(28-27-16)11-19(32)25-15-3-1-2-14-20(15)23(35)30(22(14)34)17-8-9-18(31)26-21(17)33/h1-7,10,17H,8-9,11H2,(H,25,32)(H,26,31,33). The average Bonchev–Trinajstić information content (AvgIpc) is 3.38. The molecule has 3 heterocycles. The molecule has 2 aliphatic rings. The fourth-order valence-electron chi connectivity index (χ4n) is 4.08. The number of benzene rings is 2. The predicted octanol–water partition coefficient (Wildman–Crippen LogP) is 1.12. The quantitative estimate of drug-likeness (QED) is 0.525. The van der Waals surface area contributed by atoms with Crippen LogP contribution in [-0.4, -0.2) is 55.5 Å². The van der Waals surface area contributed by atoms with E-state index >= 15 is 0 Å². The van der Waals surface area contributed by atoms with Crippen molar-refractivity contribution in [3.05, 3.63) is 65.6 Å². The lowest BCUT2D eigenvalue weighted by Gasteiger charge is -2.27. The number of rotatable bonds is 5. The summed E-state index contributed by atoms with van der Waals surface area (Å²) >= 11 is 0. The fraction of sp³-hybridized carbons (Fsp3) is 0.174. The van der Waals surface area contributed by atoms with Gasteiger partial charge in [-0.25, -0.2) is 9.07 Å². The number of nitrogens with one attached hydrogen (secondary N) is 2. The first kappa shape index (κ1) is 22.1. The Hall–Kier alpha value is -4.74. The topological polar surface area (TPSA) is 143 Å². The molecule has 0 bridgehead atoms. The number of carbonyl (C=O) groups excluding carboxylic acids is 5. The van der Waals surface area contributed by atoms with Crippen LogP contribution in [0.1, 0.15) is 33.6 Å². The van der Waals surface area contributed by atoms with E-state index in [1.54, 1.807) is 0 Å². The Morgan fingerprint density at radius 3 is 2.60 bits per heavy atom. The summed E-state index contributed by atoms with van der Waals surface area (Å²) in [5.41, 5.74) is 1.20. The second-order valence-corrected chi connectivity index (χ2v) is 8.03. The smallest absolute Gasteiger partial charge is 0.264 e. The van der Waals surface area contributed by atoms with Gasteiger partial charge in [0.05, 0.1) is 23.0 Å². The third-order valence-electron chi connectivity index (χ3n) is 5.73. The lowest BCUT2D eigenvalue weighted by Crippen LogP contribution is -2.54. The number of hydrogen-bond acceptors (Lipinski definition) is 7. The van der Waals surface area contributed by atoms with Crippen LogP contribution in [0.4, 0.5) is 10.1 Å². The molecule has 176 valence electrons. The molecule has 1 aromatic heterocycles. The van der Waals surface area contributed by atoms with Crippen molar-refractivity contribution in [3.63, 3.8) is 0 Å². The Balaban J connectivity index is 1.33. The van der Waals surface area contributed by atoms with Crippen molar-refractivity contribution in [1.82, 2.24) is 25.2 Å². The third-order valence-corrected chi connectivity index (χ3v) is 5.73. The Labute approximate surface area is 196 Å². The molecule has 5 amide bonds. The molecule has 2 N–H and O–H groups in total. The molecular formula is C23H17FN6O5. The van der Waals surface area contributed by atoms with E-state index in [0.29, 0.717) is 11.3 Å². The summed E-state index contributed by atoms with van der Waals surface area (Å²) in [5.74, 6) is -3.50. The SMILES string of the molecule is O=C1CCC(N2C(=O)c3cccc(NC(=O)Cn4cc(-c5ccc(F)cc5)nn4)c3C2=O)C(=O)N1. The van der Waals surface area contributed by atoms with Gasteiger partial charge in [0.1, 0.15) is 24.1 Å². The summed E-state index contributed by atoms with van der Waals surface area (Å²) in [6, 6.07) is 8.95. The van der Waals surface area contributed by atoms with Gasteiger partial charge in [0.15, 0.2) is 0 Å². The number of halogens is 1. The molecule has 2 aliphatic heterocycles. The van der Waals surface area contributed by atoms with Gasteiger partial charge in [-0.1, -0.05) is 11.3 Å². The zero-order valence-corrected chi connectivity index (χ0v) is 18.0. The highest BCUT2D eigenvalue weighted by Crippen LogP contribution is 2.32. The van der Waals surface area contributed by atoms with E-state index in [1.807, 2.05) is 0 Å². The van der Waals surface area contributed by atoms with Crippen molar-refractivity contribution >= 4 is 35.2 Å². The first-order valence-electron chi connectivity index (χ1n) is 10.6. The zero-order valence-electron chi connectivity index (χ0n) is 18.0. The van der Waals surface area contributed by atoms with Crippen molar-refractivity contribution in [2.45, 2.75) is 25.4 Å². The van der Waals surface area contributed by atoms with Gasteiger partial charge in [0.25, 0.3) is 11.8 Å². The van der Waals surface area contributed by atoms with Gasteiger partial charge in [-0.3, -0.25) is 34.2 Å². The molecule has 11 nitrogen and oxygen atoms in total. The molecule has 0 saturated carbocycles. The maximum Gasteiger partial charge on any atom is 0.264 e. The molecular weight excluding hydrogens is 459 g/mol. The van der Waals surface area contributed by atoms with Crippen molar-refractivity contribution < 1.29 is 28.4 Å². The van der Waals surface area contributed by atoms with Crippen molar-refractivity contribution in [3.8, 4) is 11.3 Å². The van der Waals surface area contributed by atoms with E-state index in [9.17, 15) is 28.4 Å². The molecule has 0 spiro atoms. The first-order valence-corrected chi connectivity index (χ1v) is 10.6. The summed E-state index contributed by atoms with van der Waals surface area (Å²) in [5, 5.41) is 12.6. The largest absolute Gasteiger partial charge is 0.324 e. The molecule has 0 radical (unpaired) electrons. The van der Waals surface area contributed by atoms with E-state index in [2.05, 4.69) is 20.9 Å². The van der Waals surface area contributed by atoms with Gasteiger partial charge in [-0.15, -0.1) is 5.10 Å². The summed E-state index contributed by atoms with van der Waals surface area (Å²) in [4.78, 5) is 63.2. The minimum atomic E-state index is -1.11. The maximum atomic E-state index is 13.1. The molecule has 12 heteroatoms. The number of nitrogens with zero attached hydrogens (tertiary/aromatic N) is 4. The number of piperidine rings is 1. The first-order chi connectivity index (χ1) is 16.8. The van der Waals surface area contributed by atoms with E-state index in [-0.39, 0.29) is 42.0 Å². The van der Waals surface area contributed by atoms with E-state index in [1.165, 1.54) is 53.3 Å². The van der Waals surface area contributed by atoms with Gasteiger partial charge in [0, 0.05) is 12.0 Å². The molecule has 1 unspecified atom stereocenters. The van der Waals surface area contributed by atoms with Crippen molar-refractivity contribution in [1.29, 1.82) is 0 Å². The summed E-state index contributed by atoms with van der Waals surface area (Å²) in [6.45, 7) is -0.239. The Morgan fingerprint density at radius 1 is 1.09 bits per heavy atom. The molecule has 35 heavy (non-hydrogen) atoms.